The van der Waals surface area contributed by atoms with Crippen LogP contribution in [-0.4, -0.2) is 36.6 Å². The Balaban J connectivity index is 2.08. The van der Waals surface area contributed by atoms with Crippen LogP contribution in [0.1, 0.15) is 12.0 Å². The van der Waals surface area contributed by atoms with Crippen molar-refractivity contribution in [2.24, 2.45) is 0 Å². The predicted octanol–water partition coefficient (Wildman–Crippen LogP) is 2.98. The van der Waals surface area contributed by atoms with Crippen LogP contribution in [0.5, 0.6) is 0 Å². The Kier molecular flexibility index (Phi) is 5.60. The van der Waals surface area contributed by atoms with Gasteiger partial charge in [0.25, 0.3) is 0 Å². The molecule has 3 rings (SSSR count). The number of ether oxygens (including phenoxy) is 1. The number of benzene rings is 2. The van der Waals surface area contributed by atoms with Gasteiger partial charge in [-0.25, -0.2) is 0 Å². The van der Waals surface area contributed by atoms with Crippen LogP contribution in [0, 0.1) is 6.92 Å². The third-order valence-corrected chi connectivity index (χ3v) is 8.78. The Bertz CT molecular complexity index is 898. The summed E-state index contributed by atoms with van der Waals surface area (Å²) in [5.74, 6) is 0. The number of hydrogen-bond acceptors (Lipinski definition) is 3. The molecular formula is C20H20O3SSe. The van der Waals surface area contributed by atoms with Gasteiger partial charge in [0.1, 0.15) is 0 Å². The van der Waals surface area contributed by atoms with E-state index in [0.29, 0.717) is 16.2 Å². The third kappa shape index (κ3) is 3.96. The summed E-state index contributed by atoms with van der Waals surface area (Å²) < 4.78 is 34.0. The van der Waals surface area contributed by atoms with Crippen molar-refractivity contribution in [2.75, 3.05) is 7.11 Å². The van der Waals surface area contributed by atoms with E-state index < -0.39 is 9.84 Å². The zero-order valence-electron chi connectivity index (χ0n) is 14.2. The van der Waals surface area contributed by atoms with Crippen molar-refractivity contribution in [1.29, 1.82) is 0 Å². The van der Waals surface area contributed by atoms with Crippen molar-refractivity contribution < 1.29 is 13.2 Å². The zero-order valence-corrected chi connectivity index (χ0v) is 16.7. The monoisotopic (exact) mass is 420 g/mol. The van der Waals surface area contributed by atoms with E-state index in [1.54, 1.807) is 19.2 Å². The Labute approximate surface area is 155 Å². The summed E-state index contributed by atoms with van der Waals surface area (Å²) in [6, 6.07) is 17.0. The van der Waals surface area contributed by atoms with Crippen molar-refractivity contribution in [1.82, 2.24) is 0 Å². The molecule has 0 fully saturated rings. The van der Waals surface area contributed by atoms with Crippen LogP contribution < -0.4 is 4.46 Å². The first-order chi connectivity index (χ1) is 12.0. The van der Waals surface area contributed by atoms with Crippen molar-refractivity contribution in [3.05, 3.63) is 81.7 Å². The summed E-state index contributed by atoms with van der Waals surface area (Å²) in [6.07, 6.45) is 3.97. The van der Waals surface area contributed by atoms with Crippen LogP contribution in [0.25, 0.3) is 0 Å². The summed E-state index contributed by atoms with van der Waals surface area (Å²) in [5, 5.41) is 0. The second-order valence-corrected chi connectivity index (χ2v) is 10.1. The van der Waals surface area contributed by atoms with Crippen molar-refractivity contribution in [3.63, 3.8) is 0 Å². The van der Waals surface area contributed by atoms with Crippen LogP contribution in [0.2, 0.25) is 0 Å². The minimum atomic E-state index is -3.53. The van der Waals surface area contributed by atoms with E-state index >= 15 is 0 Å². The summed E-state index contributed by atoms with van der Waals surface area (Å²) >= 11 is -0.111. The summed E-state index contributed by atoms with van der Waals surface area (Å²) in [5.41, 5.74) is 1.04. The quantitative estimate of drug-likeness (QED) is 0.553. The van der Waals surface area contributed by atoms with E-state index in [2.05, 4.69) is 0 Å². The average molecular weight is 419 g/mol. The summed E-state index contributed by atoms with van der Waals surface area (Å²) in [7, 11) is -1.90. The van der Waals surface area contributed by atoms with Gasteiger partial charge in [-0.3, -0.25) is 0 Å². The third-order valence-electron chi connectivity index (χ3n) is 4.03. The predicted molar refractivity (Wildman–Crippen MR) is 102 cm³/mol. The normalized spacial score (nSPS) is 17.8. The van der Waals surface area contributed by atoms with Gasteiger partial charge >= 0.3 is 156 Å². The van der Waals surface area contributed by atoms with Gasteiger partial charge in [-0.2, -0.15) is 0 Å². The molecule has 0 N–H and O–H groups in total. The molecule has 25 heavy (non-hydrogen) atoms. The molecule has 0 saturated carbocycles. The Morgan fingerprint density at radius 2 is 1.72 bits per heavy atom. The maximum atomic E-state index is 13.2. The van der Waals surface area contributed by atoms with Crippen LogP contribution in [0.4, 0.5) is 0 Å². The summed E-state index contributed by atoms with van der Waals surface area (Å²) in [4.78, 5) is 0.828. The van der Waals surface area contributed by atoms with Gasteiger partial charge in [0.05, 0.1) is 0 Å². The molecule has 0 aliphatic heterocycles. The number of methoxy groups -OCH3 is 1. The second-order valence-electron chi connectivity index (χ2n) is 5.81. The van der Waals surface area contributed by atoms with E-state index in [-0.39, 0.29) is 21.1 Å². The van der Waals surface area contributed by atoms with Crippen LogP contribution in [0.15, 0.2) is 81.0 Å². The van der Waals surface area contributed by atoms with Gasteiger partial charge in [0.15, 0.2) is 0 Å². The van der Waals surface area contributed by atoms with E-state index in [1.807, 2.05) is 61.5 Å². The van der Waals surface area contributed by atoms with E-state index in [1.165, 1.54) is 0 Å². The van der Waals surface area contributed by atoms with Gasteiger partial charge in [0.2, 0.25) is 0 Å². The first-order valence-electron chi connectivity index (χ1n) is 7.99. The van der Waals surface area contributed by atoms with E-state index in [4.69, 9.17) is 4.74 Å². The molecule has 3 nitrogen and oxygen atoms in total. The number of allylic oxidation sites excluding steroid dienone is 2. The molecule has 0 saturated heterocycles. The molecule has 2 aromatic carbocycles. The van der Waals surface area contributed by atoms with Gasteiger partial charge in [0, 0.05) is 0 Å². The standard InChI is InChI=1S/C20H20O3SSe/c1-15-11-13-16(14-12-15)24(21,22)19-10-6-9-18(23-2)20(19)25-17-7-4-3-5-8-17/h3-9,11-14,18H,10H2,1-2H3. The molecule has 1 aliphatic rings. The van der Waals surface area contributed by atoms with Gasteiger partial charge < -0.3 is 0 Å². The van der Waals surface area contributed by atoms with Gasteiger partial charge in [-0.15, -0.1) is 0 Å². The Morgan fingerprint density at radius 3 is 2.36 bits per heavy atom. The molecule has 1 unspecified atom stereocenters. The fourth-order valence-electron chi connectivity index (χ4n) is 2.66. The molecule has 130 valence electrons. The molecule has 5 heteroatoms. The Morgan fingerprint density at radius 1 is 1.04 bits per heavy atom. The molecule has 1 atom stereocenters. The second kappa shape index (κ2) is 7.71. The Hall–Kier alpha value is -1.65. The maximum absolute atomic E-state index is 13.2. The van der Waals surface area contributed by atoms with Crippen molar-refractivity contribution in [3.8, 4) is 0 Å². The molecule has 1 aliphatic carbocycles. The van der Waals surface area contributed by atoms with Crippen LogP contribution in [0.3, 0.4) is 0 Å². The van der Waals surface area contributed by atoms with Gasteiger partial charge in [-0.05, 0) is 0 Å². The first-order valence-corrected chi connectivity index (χ1v) is 11.2. The SMILES string of the molecule is COC1C=CCC(S(=O)(=O)c2ccc(C)cc2)=C1[Se]c1ccccc1. The average Bonchev–Trinajstić information content (AvgIpc) is 2.63. The topological polar surface area (TPSA) is 43.4 Å². The molecule has 0 amide bonds. The van der Waals surface area contributed by atoms with Crippen LogP contribution >= 0.6 is 0 Å². The summed E-state index contributed by atoms with van der Waals surface area (Å²) in [6.45, 7) is 1.95. The number of hydrogen-bond donors (Lipinski definition) is 0. The zero-order chi connectivity index (χ0) is 17.9. The molecule has 2 aromatic rings. The van der Waals surface area contributed by atoms with Gasteiger partial charge in [-0.1, -0.05) is 0 Å². The fraction of sp³-hybridized carbons (Fsp3) is 0.200. The molecule has 0 radical (unpaired) electrons. The number of rotatable bonds is 5. The number of aryl methyl sites for hydroxylation is 1. The van der Waals surface area contributed by atoms with E-state index in [9.17, 15) is 8.42 Å². The van der Waals surface area contributed by atoms with E-state index in [0.717, 1.165) is 14.5 Å². The molecule has 0 heterocycles. The minimum absolute atomic E-state index is 0.111. The number of sulfone groups is 1. The first kappa shape index (κ1) is 18.1. The molecule has 0 spiro atoms. The fourth-order valence-corrected chi connectivity index (χ4v) is 7.22. The molecular weight excluding hydrogens is 399 g/mol. The van der Waals surface area contributed by atoms with Crippen molar-refractivity contribution in [2.45, 2.75) is 24.3 Å². The van der Waals surface area contributed by atoms with Crippen molar-refractivity contribution >= 4 is 29.3 Å². The molecule has 0 aromatic heterocycles. The molecule has 0 bridgehead atoms. The van der Waals surface area contributed by atoms with Crippen LogP contribution in [-0.2, 0) is 14.6 Å².